The summed E-state index contributed by atoms with van der Waals surface area (Å²) >= 11 is 0. The zero-order chi connectivity index (χ0) is 16.7. The molecule has 8 heteroatoms. The standard InChI is InChI=1S/C16H19N3O4S/c1-11-17-16(23-18-11)8-13-7-12-9-19(10-15(12)22-13)24(20,21)14-5-3-2-4-6-14/h2-6,12-13,15H,7-10H2,1H3/t12-,13+,15+/m0/s1. The molecule has 24 heavy (non-hydrogen) atoms. The van der Waals surface area contributed by atoms with E-state index in [1.54, 1.807) is 31.2 Å². The predicted molar refractivity (Wildman–Crippen MR) is 84.7 cm³/mol. The minimum Gasteiger partial charge on any atom is -0.373 e. The van der Waals surface area contributed by atoms with Crippen molar-refractivity contribution in [3.63, 3.8) is 0 Å². The molecule has 2 fully saturated rings. The summed E-state index contributed by atoms with van der Waals surface area (Å²) < 4.78 is 38.0. The van der Waals surface area contributed by atoms with Crippen molar-refractivity contribution in [1.29, 1.82) is 0 Å². The second-order valence-corrected chi connectivity index (χ2v) is 8.30. The average molecular weight is 349 g/mol. The molecule has 0 amide bonds. The van der Waals surface area contributed by atoms with Gasteiger partial charge in [-0.2, -0.15) is 9.29 Å². The van der Waals surface area contributed by atoms with Crippen LogP contribution in [0, 0.1) is 12.8 Å². The van der Waals surface area contributed by atoms with Crippen LogP contribution in [0.15, 0.2) is 39.8 Å². The molecule has 3 heterocycles. The zero-order valence-corrected chi connectivity index (χ0v) is 14.1. The summed E-state index contributed by atoms with van der Waals surface area (Å²) in [6, 6.07) is 8.55. The number of nitrogens with zero attached hydrogens (tertiary/aromatic N) is 3. The van der Waals surface area contributed by atoms with Crippen LogP contribution in [0.2, 0.25) is 0 Å². The van der Waals surface area contributed by atoms with Gasteiger partial charge in [-0.05, 0) is 25.5 Å². The third-order valence-corrected chi connectivity index (χ3v) is 6.48. The lowest BCUT2D eigenvalue weighted by molar-refractivity contribution is 0.0400. The van der Waals surface area contributed by atoms with Crippen LogP contribution in [0.4, 0.5) is 0 Å². The van der Waals surface area contributed by atoms with Crippen molar-refractivity contribution in [2.24, 2.45) is 5.92 Å². The van der Waals surface area contributed by atoms with Gasteiger partial charge in [0.1, 0.15) is 0 Å². The van der Waals surface area contributed by atoms with Gasteiger partial charge in [-0.3, -0.25) is 0 Å². The smallest absolute Gasteiger partial charge is 0.243 e. The number of hydrogen-bond acceptors (Lipinski definition) is 6. The zero-order valence-electron chi connectivity index (χ0n) is 13.3. The first kappa shape index (κ1) is 15.7. The van der Waals surface area contributed by atoms with Crippen molar-refractivity contribution in [1.82, 2.24) is 14.4 Å². The second-order valence-electron chi connectivity index (χ2n) is 6.37. The van der Waals surface area contributed by atoms with Gasteiger partial charge in [0.25, 0.3) is 0 Å². The number of aromatic nitrogens is 2. The van der Waals surface area contributed by atoms with E-state index in [4.69, 9.17) is 9.26 Å². The minimum atomic E-state index is -3.44. The molecule has 1 aromatic carbocycles. The van der Waals surface area contributed by atoms with Crippen LogP contribution in [0.5, 0.6) is 0 Å². The fourth-order valence-electron chi connectivity index (χ4n) is 3.51. The van der Waals surface area contributed by atoms with E-state index in [-0.39, 0.29) is 18.1 Å². The highest BCUT2D eigenvalue weighted by molar-refractivity contribution is 7.89. The van der Waals surface area contributed by atoms with Gasteiger partial charge < -0.3 is 9.26 Å². The van der Waals surface area contributed by atoms with Gasteiger partial charge in [-0.25, -0.2) is 8.42 Å². The van der Waals surface area contributed by atoms with E-state index in [9.17, 15) is 8.42 Å². The Kier molecular flexibility index (Phi) is 3.90. The number of ether oxygens (including phenoxy) is 1. The highest BCUT2D eigenvalue weighted by Crippen LogP contribution is 2.36. The lowest BCUT2D eigenvalue weighted by atomic mass is 10.0. The molecular weight excluding hydrogens is 330 g/mol. The highest BCUT2D eigenvalue weighted by atomic mass is 32.2. The predicted octanol–water partition coefficient (Wildman–Crippen LogP) is 1.40. The molecule has 2 aliphatic heterocycles. The van der Waals surface area contributed by atoms with E-state index in [1.807, 2.05) is 6.07 Å². The summed E-state index contributed by atoms with van der Waals surface area (Å²) in [7, 11) is -3.44. The number of fused-ring (bicyclic) bond motifs is 1. The monoisotopic (exact) mass is 349 g/mol. The van der Waals surface area contributed by atoms with Crippen LogP contribution in [0.1, 0.15) is 18.1 Å². The number of benzene rings is 1. The number of rotatable bonds is 4. The maximum atomic E-state index is 12.7. The Labute approximate surface area is 140 Å². The second kappa shape index (κ2) is 5.94. The highest BCUT2D eigenvalue weighted by Gasteiger charge is 2.46. The summed E-state index contributed by atoms with van der Waals surface area (Å²) in [5.74, 6) is 1.41. The topological polar surface area (TPSA) is 85.5 Å². The van der Waals surface area contributed by atoms with Gasteiger partial charge in [0.15, 0.2) is 5.82 Å². The largest absolute Gasteiger partial charge is 0.373 e. The SMILES string of the molecule is Cc1noc(C[C@H]2C[C@H]3CN(S(=O)(=O)c4ccccc4)C[C@H]3O2)n1. The normalized spacial score (nSPS) is 27.5. The molecule has 4 rings (SSSR count). The summed E-state index contributed by atoms with van der Waals surface area (Å²) in [6.07, 6.45) is 1.35. The quantitative estimate of drug-likeness (QED) is 0.829. The molecule has 0 unspecified atom stereocenters. The van der Waals surface area contributed by atoms with Gasteiger partial charge in [-0.1, -0.05) is 23.4 Å². The summed E-state index contributed by atoms with van der Waals surface area (Å²) in [5.41, 5.74) is 0. The fourth-order valence-corrected chi connectivity index (χ4v) is 5.04. The van der Waals surface area contributed by atoms with Crippen molar-refractivity contribution in [2.75, 3.05) is 13.1 Å². The molecule has 128 valence electrons. The Balaban J connectivity index is 1.41. The van der Waals surface area contributed by atoms with Gasteiger partial charge in [-0.15, -0.1) is 0 Å². The Morgan fingerprint density at radius 3 is 2.71 bits per heavy atom. The van der Waals surface area contributed by atoms with Crippen LogP contribution >= 0.6 is 0 Å². The Morgan fingerprint density at radius 1 is 1.25 bits per heavy atom. The summed E-state index contributed by atoms with van der Waals surface area (Å²) in [6.45, 7) is 2.69. The molecule has 1 aromatic heterocycles. The molecular formula is C16H19N3O4S. The van der Waals surface area contributed by atoms with E-state index < -0.39 is 10.0 Å². The first-order chi connectivity index (χ1) is 11.5. The average Bonchev–Trinajstić information content (AvgIpc) is 3.23. The molecule has 3 atom stereocenters. The Morgan fingerprint density at radius 2 is 2.04 bits per heavy atom. The third kappa shape index (κ3) is 2.85. The minimum absolute atomic E-state index is 0.0152. The molecule has 2 aliphatic rings. The first-order valence-electron chi connectivity index (χ1n) is 8.02. The molecule has 0 bridgehead atoms. The maximum absolute atomic E-state index is 12.7. The number of hydrogen-bond donors (Lipinski definition) is 0. The van der Waals surface area contributed by atoms with E-state index in [0.29, 0.717) is 36.1 Å². The van der Waals surface area contributed by atoms with Crippen molar-refractivity contribution < 1.29 is 17.7 Å². The summed E-state index contributed by atoms with van der Waals surface area (Å²) in [4.78, 5) is 4.53. The van der Waals surface area contributed by atoms with E-state index >= 15 is 0 Å². The molecule has 0 spiro atoms. The fraction of sp³-hybridized carbons (Fsp3) is 0.500. The summed E-state index contributed by atoms with van der Waals surface area (Å²) in [5, 5.41) is 3.78. The molecule has 0 aliphatic carbocycles. The van der Waals surface area contributed by atoms with Crippen molar-refractivity contribution in [3.8, 4) is 0 Å². The van der Waals surface area contributed by atoms with E-state index in [2.05, 4.69) is 10.1 Å². The first-order valence-corrected chi connectivity index (χ1v) is 9.46. The van der Waals surface area contributed by atoms with Gasteiger partial charge in [0, 0.05) is 19.0 Å². The van der Waals surface area contributed by atoms with Crippen LogP contribution in [-0.4, -0.2) is 48.2 Å². The maximum Gasteiger partial charge on any atom is 0.243 e. The van der Waals surface area contributed by atoms with Crippen LogP contribution in [0.3, 0.4) is 0 Å². The lowest BCUT2D eigenvalue weighted by Crippen LogP contribution is -2.31. The van der Waals surface area contributed by atoms with Crippen LogP contribution in [0.25, 0.3) is 0 Å². The molecule has 0 N–H and O–H groups in total. The molecule has 2 saturated heterocycles. The van der Waals surface area contributed by atoms with Crippen molar-refractivity contribution in [2.45, 2.75) is 36.9 Å². The van der Waals surface area contributed by atoms with Gasteiger partial charge in [0.2, 0.25) is 15.9 Å². The Bertz CT molecular complexity index is 807. The number of sulfonamides is 1. The molecule has 0 saturated carbocycles. The van der Waals surface area contributed by atoms with E-state index in [1.165, 1.54) is 4.31 Å². The van der Waals surface area contributed by atoms with Gasteiger partial charge in [0.05, 0.1) is 23.5 Å². The van der Waals surface area contributed by atoms with Crippen molar-refractivity contribution in [3.05, 3.63) is 42.0 Å². The third-order valence-electron chi connectivity index (χ3n) is 4.63. The molecule has 0 radical (unpaired) electrons. The lowest BCUT2D eigenvalue weighted by Gasteiger charge is -2.18. The van der Waals surface area contributed by atoms with Crippen molar-refractivity contribution >= 4 is 10.0 Å². The van der Waals surface area contributed by atoms with Crippen LogP contribution in [-0.2, 0) is 21.2 Å². The molecule has 2 aromatic rings. The van der Waals surface area contributed by atoms with Gasteiger partial charge >= 0.3 is 0 Å². The molecule has 7 nitrogen and oxygen atoms in total. The van der Waals surface area contributed by atoms with Crippen LogP contribution < -0.4 is 0 Å². The number of aryl methyl sites for hydroxylation is 1. The van der Waals surface area contributed by atoms with E-state index in [0.717, 1.165) is 6.42 Å². The Hall–Kier alpha value is -1.77.